The minimum absolute atomic E-state index is 0.165. The summed E-state index contributed by atoms with van der Waals surface area (Å²) in [6.07, 6.45) is 1.50. The standard InChI is InChI=1S/C18H14N4O5/c23-14-6-5-12(9-13(14)17(26)27)20-15-7-8-19-18(22-15)21-11-3-1-10(2-4-11)16(24)25/h1-9,23H,(H,24,25)(H,26,27)(H2,19,20,21,22). The molecule has 0 radical (unpaired) electrons. The van der Waals surface area contributed by atoms with Gasteiger partial charge in [-0.15, -0.1) is 0 Å². The number of aromatic nitrogens is 2. The molecule has 0 amide bonds. The van der Waals surface area contributed by atoms with Gasteiger partial charge in [0.15, 0.2) is 0 Å². The molecule has 1 aromatic heterocycles. The van der Waals surface area contributed by atoms with Crippen LogP contribution in [0.3, 0.4) is 0 Å². The number of aromatic hydroxyl groups is 1. The van der Waals surface area contributed by atoms with E-state index in [2.05, 4.69) is 20.6 Å². The topological polar surface area (TPSA) is 145 Å². The number of hydrogen-bond acceptors (Lipinski definition) is 7. The van der Waals surface area contributed by atoms with Crippen LogP contribution in [-0.4, -0.2) is 37.2 Å². The van der Waals surface area contributed by atoms with E-state index in [1.165, 1.54) is 36.5 Å². The van der Waals surface area contributed by atoms with E-state index in [4.69, 9.17) is 10.2 Å². The summed E-state index contributed by atoms with van der Waals surface area (Å²) < 4.78 is 0. The van der Waals surface area contributed by atoms with Gasteiger partial charge in [-0.05, 0) is 48.5 Å². The molecule has 0 bridgehead atoms. The minimum Gasteiger partial charge on any atom is -0.507 e. The summed E-state index contributed by atoms with van der Waals surface area (Å²) in [5, 5.41) is 33.4. The Labute approximate surface area is 153 Å². The second-order valence-electron chi connectivity index (χ2n) is 5.44. The Morgan fingerprint density at radius 1 is 0.852 bits per heavy atom. The highest BCUT2D eigenvalue weighted by Crippen LogP contribution is 2.24. The molecule has 136 valence electrons. The maximum atomic E-state index is 11.1. The second-order valence-corrected chi connectivity index (χ2v) is 5.44. The van der Waals surface area contributed by atoms with Gasteiger partial charge in [0.25, 0.3) is 0 Å². The highest BCUT2D eigenvalue weighted by Gasteiger charge is 2.11. The third kappa shape index (κ3) is 4.28. The quantitative estimate of drug-likeness (QED) is 0.415. The number of nitrogens with one attached hydrogen (secondary N) is 2. The van der Waals surface area contributed by atoms with E-state index in [9.17, 15) is 14.7 Å². The molecule has 3 aromatic rings. The summed E-state index contributed by atoms with van der Waals surface area (Å²) in [5.41, 5.74) is 0.972. The first kappa shape index (κ1) is 17.7. The van der Waals surface area contributed by atoms with Crippen LogP contribution in [0.1, 0.15) is 20.7 Å². The van der Waals surface area contributed by atoms with Crippen molar-refractivity contribution in [2.45, 2.75) is 0 Å². The van der Waals surface area contributed by atoms with Gasteiger partial charge in [0, 0.05) is 17.6 Å². The van der Waals surface area contributed by atoms with Gasteiger partial charge in [0.1, 0.15) is 17.1 Å². The van der Waals surface area contributed by atoms with Crippen molar-refractivity contribution in [1.29, 1.82) is 0 Å². The van der Waals surface area contributed by atoms with Crippen molar-refractivity contribution in [2.75, 3.05) is 10.6 Å². The summed E-state index contributed by atoms with van der Waals surface area (Å²) >= 11 is 0. The van der Waals surface area contributed by atoms with Crippen LogP contribution < -0.4 is 10.6 Å². The third-order valence-electron chi connectivity index (χ3n) is 3.54. The van der Waals surface area contributed by atoms with E-state index in [0.29, 0.717) is 17.2 Å². The second kappa shape index (κ2) is 7.40. The Morgan fingerprint density at radius 3 is 2.22 bits per heavy atom. The summed E-state index contributed by atoms with van der Waals surface area (Å²) in [7, 11) is 0. The normalized spacial score (nSPS) is 10.2. The van der Waals surface area contributed by atoms with Crippen LogP contribution in [0.4, 0.5) is 23.1 Å². The van der Waals surface area contributed by atoms with Gasteiger partial charge in [-0.25, -0.2) is 14.6 Å². The van der Waals surface area contributed by atoms with Crippen molar-refractivity contribution in [3.8, 4) is 5.75 Å². The van der Waals surface area contributed by atoms with E-state index in [1.54, 1.807) is 18.2 Å². The van der Waals surface area contributed by atoms with Gasteiger partial charge in [-0.1, -0.05) is 0 Å². The molecular weight excluding hydrogens is 352 g/mol. The molecule has 2 aromatic carbocycles. The van der Waals surface area contributed by atoms with E-state index < -0.39 is 11.9 Å². The van der Waals surface area contributed by atoms with E-state index in [0.717, 1.165) is 0 Å². The Morgan fingerprint density at radius 2 is 1.56 bits per heavy atom. The molecular formula is C18H14N4O5. The first-order valence-corrected chi connectivity index (χ1v) is 7.69. The number of anilines is 4. The van der Waals surface area contributed by atoms with Crippen LogP contribution in [0.25, 0.3) is 0 Å². The lowest BCUT2D eigenvalue weighted by molar-refractivity contribution is 0.0684. The van der Waals surface area contributed by atoms with Crippen LogP contribution in [0.5, 0.6) is 5.75 Å². The zero-order valence-corrected chi connectivity index (χ0v) is 13.7. The number of carboxylic acid groups (broad SMARTS) is 2. The number of hydrogen-bond donors (Lipinski definition) is 5. The lowest BCUT2D eigenvalue weighted by atomic mass is 10.2. The lowest BCUT2D eigenvalue weighted by Gasteiger charge is -2.09. The first-order valence-electron chi connectivity index (χ1n) is 7.69. The maximum absolute atomic E-state index is 11.1. The molecule has 0 aliphatic heterocycles. The molecule has 0 spiro atoms. The van der Waals surface area contributed by atoms with Crippen LogP contribution in [0.2, 0.25) is 0 Å². The summed E-state index contributed by atoms with van der Waals surface area (Å²) in [6.45, 7) is 0. The van der Waals surface area contributed by atoms with Crippen LogP contribution in [-0.2, 0) is 0 Å². The molecule has 0 fully saturated rings. The van der Waals surface area contributed by atoms with Gasteiger partial charge in [0.2, 0.25) is 5.95 Å². The predicted octanol–water partition coefficient (Wildman–Crippen LogP) is 3.07. The number of nitrogens with zero attached hydrogens (tertiary/aromatic N) is 2. The number of rotatable bonds is 6. The van der Waals surface area contributed by atoms with Gasteiger partial charge in [-0.2, -0.15) is 4.98 Å². The van der Waals surface area contributed by atoms with Crippen molar-refractivity contribution >= 4 is 35.1 Å². The number of carbonyl (C=O) groups is 2. The lowest BCUT2D eigenvalue weighted by Crippen LogP contribution is -2.02. The largest absolute Gasteiger partial charge is 0.507 e. The summed E-state index contributed by atoms with van der Waals surface area (Å²) in [6, 6.07) is 11.8. The first-order chi connectivity index (χ1) is 12.9. The third-order valence-corrected chi connectivity index (χ3v) is 3.54. The molecule has 0 aliphatic carbocycles. The molecule has 1 heterocycles. The predicted molar refractivity (Wildman–Crippen MR) is 97.1 cm³/mol. The van der Waals surface area contributed by atoms with E-state index in [1.807, 2.05) is 0 Å². The Bertz CT molecular complexity index is 1000. The van der Waals surface area contributed by atoms with Gasteiger partial charge in [0.05, 0.1) is 5.56 Å². The zero-order valence-electron chi connectivity index (χ0n) is 13.7. The van der Waals surface area contributed by atoms with Gasteiger partial charge >= 0.3 is 11.9 Å². The molecule has 9 heteroatoms. The number of phenols is 1. The fraction of sp³-hybridized carbons (Fsp3) is 0. The molecule has 0 saturated heterocycles. The maximum Gasteiger partial charge on any atom is 0.339 e. The van der Waals surface area contributed by atoms with Crippen molar-refractivity contribution in [2.24, 2.45) is 0 Å². The van der Waals surface area contributed by atoms with Crippen molar-refractivity contribution < 1.29 is 24.9 Å². The summed E-state index contributed by atoms with van der Waals surface area (Å²) in [4.78, 5) is 30.3. The molecule has 0 aliphatic rings. The van der Waals surface area contributed by atoms with Crippen LogP contribution >= 0.6 is 0 Å². The highest BCUT2D eigenvalue weighted by molar-refractivity contribution is 5.92. The average molecular weight is 366 g/mol. The fourth-order valence-corrected chi connectivity index (χ4v) is 2.25. The number of aromatic carboxylic acids is 2. The van der Waals surface area contributed by atoms with E-state index >= 15 is 0 Å². The van der Waals surface area contributed by atoms with Gasteiger partial charge in [-0.3, -0.25) is 0 Å². The SMILES string of the molecule is O=C(O)c1ccc(Nc2nccc(Nc3ccc(O)c(C(=O)O)c3)n2)cc1. The van der Waals surface area contributed by atoms with Crippen LogP contribution in [0, 0.1) is 0 Å². The van der Waals surface area contributed by atoms with E-state index in [-0.39, 0.29) is 22.8 Å². The number of benzene rings is 2. The van der Waals surface area contributed by atoms with Gasteiger partial charge < -0.3 is 26.0 Å². The summed E-state index contributed by atoms with van der Waals surface area (Å²) in [5.74, 6) is -1.93. The molecule has 9 nitrogen and oxygen atoms in total. The molecule has 0 atom stereocenters. The molecule has 0 saturated carbocycles. The highest BCUT2D eigenvalue weighted by atomic mass is 16.4. The van der Waals surface area contributed by atoms with Crippen molar-refractivity contribution in [3.63, 3.8) is 0 Å². The number of carboxylic acids is 2. The smallest absolute Gasteiger partial charge is 0.339 e. The zero-order chi connectivity index (χ0) is 19.4. The van der Waals surface area contributed by atoms with Crippen molar-refractivity contribution in [1.82, 2.24) is 9.97 Å². The Balaban J connectivity index is 1.76. The molecule has 3 rings (SSSR count). The molecule has 27 heavy (non-hydrogen) atoms. The van der Waals surface area contributed by atoms with Crippen LogP contribution in [0.15, 0.2) is 54.7 Å². The Hall–Kier alpha value is -4.14. The monoisotopic (exact) mass is 366 g/mol. The fourth-order valence-electron chi connectivity index (χ4n) is 2.25. The average Bonchev–Trinajstić information content (AvgIpc) is 2.64. The van der Waals surface area contributed by atoms with Crippen molar-refractivity contribution in [3.05, 3.63) is 65.9 Å². The molecule has 5 N–H and O–H groups in total. The Kier molecular flexibility index (Phi) is 4.84. The molecule has 0 unspecified atom stereocenters. The minimum atomic E-state index is -1.24.